The highest BCUT2D eigenvalue weighted by Crippen LogP contribution is 2.10. The fourth-order valence-corrected chi connectivity index (χ4v) is 2.16. The Morgan fingerprint density at radius 2 is 1.38 bits per heavy atom. The van der Waals surface area contributed by atoms with Gasteiger partial charge in [0.2, 0.25) is 12.3 Å². The number of pyridine rings is 1. The second kappa shape index (κ2) is 7.72. The van der Waals surface area contributed by atoms with Gasteiger partial charge in [-0.3, -0.25) is 4.79 Å². The van der Waals surface area contributed by atoms with Gasteiger partial charge in [0, 0.05) is 17.0 Å². The molecular weight excluding hydrogens is 321 g/mol. The van der Waals surface area contributed by atoms with Crippen LogP contribution in [0.5, 0.6) is 0 Å². The zero-order valence-electron chi connectivity index (χ0n) is 12.6. The summed E-state index contributed by atoms with van der Waals surface area (Å²) in [5.74, 6) is 0.126. The maximum Gasteiger partial charge on any atom is 0.673 e. The molecule has 0 N–H and O–H groups in total. The van der Waals surface area contributed by atoms with E-state index in [1.807, 2.05) is 65.5 Å². The van der Waals surface area contributed by atoms with Gasteiger partial charge >= 0.3 is 7.25 Å². The minimum atomic E-state index is -6.00. The molecule has 0 radical (unpaired) electrons. The van der Waals surface area contributed by atoms with Gasteiger partial charge in [0.1, 0.15) is 0 Å². The molecule has 124 valence electrons. The van der Waals surface area contributed by atoms with Crippen molar-refractivity contribution in [2.45, 2.75) is 6.54 Å². The van der Waals surface area contributed by atoms with Crippen molar-refractivity contribution >= 4 is 23.8 Å². The first-order valence-corrected chi connectivity index (χ1v) is 7.16. The minimum absolute atomic E-state index is 0.126. The molecule has 0 aliphatic heterocycles. The number of hydrogen-bond donors (Lipinski definition) is 0. The molecule has 1 aromatic heterocycles. The van der Waals surface area contributed by atoms with Crippen molar-refractivity contribution in [3.05, 3.63) is 78.6 Å². The Morgan fingerprint density at radius 1 is 0.833 bits per heavy atom. The second-order valence-corrected chi connectivity index (χ2v) is 5.03. The fourth-order valence-electron chi connectivity index (χ4n) is 2.16. The minimum Gasteiger partial charge on any atom is -0.418 e. The van der Waals surface area contributed by atoms with Crippen molar-refractivity contribution in [3.8, 4) is 0 Å². The summed E-state index contributed by atoms with van der Waals surface area (Å²) < 4.78 is 40.9. The SMILES string of the molecule is F[B-](F)(F)F.O=C(C[n+]1ccc2ccccc2c1)c1ccccc1. The average Bonchev–Trinajstić information content (AvgIpc) is 2.54. The third-order valence-electron chi connectivity index (χ3n) is 3.17. The van der Waals surface area contributed by atoms with Crippen LogP contribution in [0.3, 0.4) is 0 Å². The van der Waals surface area contributed by atoms with E-state index >= 15 is 0 Å². The summed E-state index contributed by atoms with van der Waals surface area (Å²) in [4.78, 5) is 12.1. The Balaban J connectivity index is 0.000000368. The van der Waals surface area contributed by atoms with Gasteiger partial charge in [-0.25, -0.2) is 0 Å². The molecule has 0 aliphatic carbocycles. The molecule has 0 atom stereocenters. The van der Waals surface area contributed by atoms with Crippen LogP contribution in [0.15, 0.2) is 73.1 Å². The molecule has 0 saturated carbocycles. The number of aromatic nitrogens is 1. The number of carbonyl (C=O) groups is 1. The number of nitrogens with zero attached hydrogens (tertiary/aromatic N) is 1. The van der Waals surface area contributed by atoms with Gasteiger partial charge in [0.15, 0.2) is 12.4 Å². The molecule has 0 saturated heterocycles. The summed E-state index contributed by atoms with van der Waals surface area (Å²) in [5, 5.41) is 2.33. The fraction of sp³-hybridized carbons (Fsp3) is 0.0588. The predicted octanol–water partition coefficient (Wildman–Crippen LogP) is 4.31. The van der Waals surface area contributed by atoms with Crippen molar-refractivity contribution in [1.29, 1.82) is 0 Å². The van der Waals surface area contributed by atoms with Gasteiger partial charge in [-0.15, -0.1) is 0 Å². The number of Topliss-reactive ketones (excluding diaryl/α,β-unsaturated/α-hetero) is 1. The third kappa shape index (κ3) is 5.83. The Bertz CT molecular complexity index is 815. The summed E-state index contributed by atoms with van der Waals surface area (Å²) in [5.41, 5.74) is 0.753. The lowest BCUT2D eigenvalue weighted by molar-refractivity contribution is -0.681. The molecule has 0 aliphatic rings. The number of rotatable bonds is 3. The average molecular weight is 335 g/mol. The van der Waals surface area contributed by atoms with Crippen molar-refractivity contribution in [1.82, 2.24) is 0 Å². The topological polar surface area (TPSA) is 20.9 Å². The van der Waals surface area contributed by atoms with E-state index in [0.29, 0.717) is 6.54 Å². The number of hydrogen-bond acceptors (Lipinski definition) is 1. The number of halogens is 4. The Hall–Kier alpha value is -2.70. The van der Waals surface area contributed by atoms with Gasteiger partial charge in [0.05, 0.1) is 0 Å². The molecule has 3 aromatic rings. The van der Waals surface area contributed by atoms with Gasteiger partial charge in [-0.1, -0.05) is 48.5 Å². The van der Waals surface area contributed by atoms with E-state index in [1.165, 1.54) is 5.39 Å². The predicted molar refractivity (Wildman–Crippen MR) is 85.1 cm³/mol. The first kappa shape index (κ1) is 17.7. The largest absolute Gasteiger partial charge is 0.673 e. The summed E-state index contributed by atoms with van der Waals surface area (Å²) >= 11 is 0. The van der Waals surface area contributed by atoms with Crippen molar-refractivity contribution in [2.24, 2.45) is 0 Å². The smallest absolute Gasteiger partial charge is 0.418 e. The van der Waals surface area contributed by atoms with Crippen LogP contribution < -0.4 is 4.57 Å². The Kier molecular flexibility index (Phi) is 5.68. The number of carbonyl (C=O) groups excluding carboxylic acids is 1. The highest BCUT2D eigenvalue weighted by molar-refractivity contribution is 6.50. The van der Waals surface area contributed by atoms with E-state index in [2.05, 4.69) is 12.1 Å². The summed E-state index contributed by atoms with van der Waals surface area (Å²) in [6.45, 7) is 0.370. The highest BCUT2D eigenvalue weighted by atomic mass is 19.5. The summed E-state index contributed by atoms with van der Waals surface area (Å²) in [6, 6.07) is 19.6. The molecule has 0 unspecified atom stereocenters. The van der Waals surface area contributed by atoms with Gasteiger partial charge < -0.3 is 17.3 Å². The lowest BCUT2D eigenvalue weighted by Gasteiger charge is -1.99. The van der Waals surface area contributed by atoms with E-state index < -0.39 is 7.25 Å². The van der Waals surface area contributed by atoms with E-state index in [1.54, 1.807) is 0 Å². The Morgan fingerprint density at radius 3 is 2.00 bits per heavy atom. The third-order valence-corrected chi connectivity index (χ3v) is 3.17. The van der Waals surface area contributed by atoms with Crippen LogP contribution in [0.2, 0.25) is 0 Å². The number of ketones is 1. The van der Waals surface area contributed by atoms with Gasteiger partial charge in [-0.05, 0) is 11.5 Å². The zero-order valence-corrected chi connectivity index (χ0v) is 12.6. The Labute approximate surface area is 136 Å². The molecule has 2 nitrogen and oxygen atoms in total. The lowest BCUT2D eigenvalue weighted by Crippen LogP contribution is -2.37. The first-order chi connectivity index (χ1) is 11.3. The molecule has 24 heavy (non-hydrogen) atoms. The molecule has 0 bridgehead atoms. The molecule has 0 fully saturated rings. The van der Waals surface area contributed by atoms with Gasteiger partial charge in [0.25, 0.3) is 0 Å². The van der Waals surface area contributed by atoms with E-state index in [4.69, 9.17) is 0 Å². The number of benzene rings is 2. The number of fused-ring (bicyclic) bond motifs is 1. The summed E-state index contributed by atoms with van der Waals surface area (Å²) in [6.07, 6.45) is 3.96. The van der Waals surface area contributed by atoms with Crippen molar-refractivity contribution in [3.63, 3.8) is 0 Å². The molecule has 2 aromatic carbocycles. The maximum atomic E-state index is 12.1. The molecule has 0 spiro atoms. The molecule has 7 heteroatoms. The normalized spacial score (nSPS) is 10.8. The van der Waals surface area contributed by atoms with Crippen LogP contribution in [0, 0.1) is 0 Å². The van der Waals surface area contributed by atoms with Crippen LogP contribution in [-0.2, 0) is 6.54 Å². The van der Waals surface area contributed by atoms with Crippen molar-refractivity contribution in [2.75, 3.05) is 0 Å². The van der Waals surface area contributed by atoms with Crippen LogP contribution in [0.4, 0.5) is 17.3 Å². The van der Waals surface area contributed by atoms with Crippen LogP contribution in [0.1, 0.15) is 10.4 Å². The molecule has 0 amide bonds. The van der Waals surface area contributed by atoms with E-state index in [0.717, 1.165) is 10.9 Å². The van der Waals surface area contributed by atoms with E-state index in [-0.39, 0.29) is 5.78 Å². The molecule has 1 heterocycles. The molecule has 3 rings (SSSR count). The lowest BCUT2D eigenvalue weighted by atomic mass is 10.1. The summed E-state index contributed by atoms with van der Waals surface area (Å²) in [7, 11) is -6.00. The zero-order chi connectivity index (χ0) is 17.6. The second-order valence-electron chi connectivity index (χ2n) is 5.03. The molecular formula is C17H14BF4NO. The monoisotopic (exact) mass is 335 g/mol. The first-order valence-electron chi connectivity index (χ1n) is 7.16. The quantitative estimate of drug-likeness (QED) is 0.302. The standard InChI is InChI=1S/C17H14NO.BF4/c19-17(15-7-2-1-3-8-15)13-18-11-10-14-6-4-5-9-16(14)12-18;2-1(3,4)5/h1-12H,13H2;/q+1;-1. The van der Waals surface area contributed by atoms with Crippen LogP contribution in [-0.4, -0.2) is 13.0 Å². The van der Waals surface area contributed by atoms with Crippen LogP contribution in [0.25, 0.3) is 10.8 Å². The van der Waals surface area contributed by atoms with Crippen molar-refractivity contribution < 1.29 is 26.6 Å². The van der Waals surface area contributed by atoms with Gasteiger partial charge in [-0.2, -0.15) is 4.57 Å². The maximum absolute atomic E-state index is 12.1. The van der Waals surface area contributed by atoms with Crippen LogP contribution >= 0.6 is 0 Å². The highest BCUT2D eigenvalue weighted by Gasteiger charge is 2.20. The van der Waals surface area contributed by atoms with E-state index in [9.17, 15) is 22.1 Å².